The third kappa shape index (κ3) is 2.00. The molecule has 1 amide bonds. The number of aliphatic hydroxyl groups excluding tert-OH is 1. The molecule has 0 saturated carbocycles. The number of carboxylic acid groups (broad SMARTS) is 1. The van der Waals surface area contributed by atoms with Crippen molar-refractivity contribution in [2.75, 3.05) is 0 Å². The molecule has 7 heteroatoms. The maximum atomic E-state index is 12.1. The highest BCUT2D eigenvalue weighted by molar-refractivity contribution is 7.13. The monoisotopic (exact) mass is 308 g/mol. The van der Waals surface area contributed by atoms with E-state index in [0.717, 1.165) is 9.75 Å². The summed E-state index contributed by atoms with van der Waals surface area (Å²) in [5.74, 6) is -1.92. The number of hydrogen-bond acceptors (Lipinski definition) is 5. The quantitative estimate of drug-likeness (QED) is 0.707. The highest BCUT2D eigenvalue weighted by atomic mass is 32.1. The van der Waals surface area contributed by atoms with E-state index in [0.29, 0.717) is 18.5 Å². The van der Waals surface area contributed by atoms with E-state index in [2.05, 4.69) is 0 Å². The molecule has 4 N–H and O–H groups in total. The van der Waals surface area contributed by atoms with E-state index in [1.54, 1.807) is 6.92 Å². The van der Waals surface area contributed by atoms with Gasteiger partial charge >= 0.3 is 5.97 Å². The normalized spacial score (nSPS) is 25.9. The first kappa shape index (κ1) is 14.2. The third-order valence-corrected chi connectivity index (χ3v) is 5.26. The number of nitrogens with zero attached hydrogens (tertiary/aromatic N) is 1. The molecule has 2 aliphatic heterocycles. The van der Waals surface area contributed by atoms with Gasteiger partial charge in [-0.05, 0) is 25.5 Å². The molecule has 3 atom stereocenters. The number of nitrogens with two attached hydrogens (primary N) is 1. The van der Waals surface area contributed by atoms with Gasteiger partial charge in [-0.15, -0.1) is 11.3 Å². The number of amides is 1. The van der Waals surface area contributed by atoms with Gasteiger partial charge in [0, 0.05) is 21.9 Å². The van der Waals surface area contributed by atoms with Gasteiger partial charge < -0.3 is 20.8 Å². The minimum absolute atomic E-state index is 0.0484. The van der Waals surface area contributed by atoms with E-state index in [-0.39, 0.29) is 17.6 Å². The number of rotatable bonds is 4. The predicted octanol–water partition coefficient (Wildman–Crippen LogP) is 0.614. The third-order valence-electron chi connectivity index (χ3n) is 4.09. The maximum absolute atomic E-state index is 12.1. The van der Waals surface area contributed by atoms with Gasteiger partial charge in [-0.1, -0.05) is 0 Å². The average Bonchev–Trinajstić information content (AvgIpc) is 2.99. The van der Waals surface area contributed by atoms with E-state index in [4.69, 9.17) is 5.73 Å². The van der Waals surface area contributed by atoms with Crippen molar-refractivity contribution >= 4 is 28.8 Å². The van der Waals surface area contributed by atoms with Crippen LogP contribution in [0.4, 0.5) is 0 Å². The number of fused-ring (bicyclic) bond motifs is 1. The average molecular weight is 308 g/mol. The van der Waals surface area contributed by atoms with E-state index in [9.17, 15) is 19.8 Å². The second-order valence-electron chi connectivity index (χ2n) is 5.35. The molecule has 1 fully saturated rings. The Morgan fingerprint density at radius 2 is 2.29 bits per heavy atom. The van der Waals surface area contributed by atoms with Gasteiger partial charge in [0.2, 0.25) is 5.91 Å². The number of carbonyl (C=O) groups excluding carboxylic acids is 1. The Balaban J connectivity index is 2.00. The molecule has 6 nitrogen and oxygen atoms in total. The molecule has 0 aliphatic carbocycles. The Morgan fingerprint density at radius 1 is 1.57 bits per heavy atom. The van der Waals surface area contributed by atoms with Crippen LogP contribution >= 0.6 is 11.3 Å². The van der Waals surface area contributed by atoms with Gasteiger partial charge in [-0.3, -0.25) is 4.79 Å². The molecule has 21 heavy (non-hydrogen) atoms. The van der Waals surface area contributed by atoms with Crippen LogP contribution in [0.2, 0.25) is 0 Å². The molecule has 0 spiro atoms. The van der Waals surface area contributed by atoms with Crippen LogP contribution in [0.5, 0.6) is 0 Å². The number of aliphatic hydroxyl groups is 1. The topological polar surface area (TPSA) is 104 Å². The summed E-state index contributed by atoms with van der Waals surface area (Å²) in [7, 11) is 0. The van der Waals surface area contributed by atoms with E-state index < -0.39 is 18.0 Å². The zero-order chi connectivity index (χ0) is 15.3. The number of carbonyl (C=O) groups is 2. The lowest BCUT2D eigenvalue weighted by atomic mass is 9.83. The first-order chi connectivity index (χ1) is 9.95. The summed E-state index contributed by atoms with van der Waals surface area (Å²) in [6.07, 6.45) is -0.302. The summed E-state index contributed by atoms with van der Waals surface area (Å²) in [5.41, 5.74) is 6.30. The van der Waals surface area contributed by atoms with Crippen LogP contribution in [0.15, 0.2) is 17.8 Å². The molecule has 3 rings (SSSR count). The van der Waals surface area contributed by atoms with Crippen LogP contribution in [0, 0.1) is 5.92 Å². The summed E-state index contributed by atoms with van der Waals surface area (Å²) in [5, 5.41) is 19.1. The standard InChI is InChI=1S/C14H16N2O4S/c1-6(17)11-9-4-8(10-3-2-7(5-15)21-10)12(14(19)20)16(9)13(11)18/h2-3,6,9,11,17H,4-5,15H2,1H3,(H,19,20)/t6-,9-,11-/m1/s1. The Labute approximate surface area is 125 Å². The molecular weight excluding hydrogens is 292 g/mol. The molecule has 2 aliphatic rings. The first-order valence-electron chi connectivity index (χ1n) is 6.72. The fourth-order valence-electron chi connectivity index (χ4n) is 3.14. The second kappa shape index (κ2) is 4.94. The van der Waals surface area contributed by atoms with E-state index in [1.807, 2.05) is 12.1 Å². The first-order valence-corrected chi connectivity index (χ1v) is 7.54. The molecule has 3 heterocycles. The molecule has 0 radical (unpaired) electrons. The van der Waals surface area contributed by atoms with Crippen molar-refractivity contribution in [3.05, 3.63) is 27.6 Å². The highest BCUT2D eigenvalue weighted by Crippen LogP contribution is 2.47. The summed E-state index contributed by atoms with van der Waals surface area (Å²) >= 11 is 1.45. The van der Waals surface area contributed by atoms with Gasteiger partial charge in [0.05, 0.1) is 18.1 Å². The van der Waals surface area contributed by atoms with Crippen LogP contribution in [-0.4, -0.2) is 39.1 Å². The number of carboxylic acids is 1. The van der Waals surface area contributed by atoms with Crippen molar-refractivity contribution in [1.82, 2.24) is 4.90 Å². The number of thiophene rings is 1. The van der Waals surface area contributed by atoms with Gasteiger partial charge in [0.15, 0.2) is 0 Å². The van der Waals surface area contributed by atoms with Crippen LogP contribution in [0.1, 0.15) is 23.1 Å². The van der Waals surface area contributed by atoms with Crippen LogP contribution in [-0.2, 0) is 16.1 Å². The summed E-state index contributed by atoms with van der Waals surface area (Å²) in [6, 6.07) is 3.47. The Bertz CT molecular complexity index is 649. The molecule has 1 saturated heterocycles. The number of aliphatic carboxylic acids is 1. The fraction of sp³-hybridized carbons (Fsp3) is 0.429. The lowest BCUT2D eigenvalue weighted by Crippen LogP contribution is -2.61. The van der Waals surface area contributed by atoms with Gasteiger partial charge in [0.1, 0.15) is 5.70 Å². The zero-order valence-electron chi connectivity index (χ0n) is 11.4. The number of β-lactam (4-membered cyclic amide) rings is 1. The summed E-state index contributed by atoms with van der Waals surface area (Å²) < 4.78 is 0. The van der Waals surface area contributed by atoms with Crippen molar-refractivity contribution in [2.24, 2.45) is 11.7 Å². The van der Waals surface area contributed by atoms with Crippen molar-refractivity contribution in [2.45, 2.75) is 32.0 Å². The number of hydrogen-bond donors (Lipinski definition) is 3. The molecule has 112 valence electrons. The van der Waals surface area contributed by atoms with Crippen molar-refractivity contribution in [3.63, 3.8) is 0 Å². The van der Waals surface area contributed by atoms with Crippen LogP contribution < -0.4 is 5.73 Å². The molecule has 0 unspecified atom stereocenters. The molecule has 1 aromatic heterocycles. The molecule has 1 aromatic rings. The van der Waals surface area contributed by atoms with Crippen molar-refractivity contribution < 1.29 is 19.8 Å². The smallest absolute Gasteiger partial charge is 0.352 e. The lowest BCUT2D eigenvalue weighted by molar-refractivity contribution is -0.161. The van der Waals surface area contributed by atoms with E-state index >= 15 is 0 Å². The Morgan fingerprint density at radius 3 is 2.81 bits per heavy atom. The molecule has 0 aromatic carbocycles. The fourth-order valence-corrected chi connectivity index (χ4v) is 4.08. The predicted molar refractivity (Wildman–Crippen MR) is 77.2 cm³/mol. The van der Waals surface area contributed by atoms with Crippen LogP contribution in [0.25, 0.3) is 5.57 Å². The van der Waals surface area contributed by atoms with E-state index in [1.165, 1.54) is 16.2 Å². The Kier molecular flexibility index (Phi) is 3.35. The highest BCUT2D eigenvalue weighted by Gasteiger charge is 2.56. The summed E-state index contributed by atoms with van der Waals surface area (Å²) in [4.78, 5) is 26.7. The maximum Gasteiger partial charge on any atom is 0.352 e. The van der Waals surface area contributed by atoms with Gasteiger partial charge in [-0.25, -0.2) is 4.79 Å². The summed E-state index contributed by atoms with van der Waals surface area (Å²) in [6.45, 7) is 1.97. The van der Waals surface area contributed by atoms with Gasteiger partial charge in [-0.2, -0.15) is 0 Å². The Hall–Kier alpha value is -1.70. The minimum atomic E-state index is -1.10. The zero-order valence-corrected chi connectivity index (χ0v) is 12.3. The SMILES string of the molecule is C[C@@H](O)[C@H]1C(=O)N2C(C(=O)O)=C(c3ccc(CN)s3)C[C@H]12. The molecular formula is C14H16N2O4S. The van der Waals surface area contributed by atoms with Crippen molar-refractivity contribution in [1.29, 1.82) is 0 Å². The lowest BCUT2D eigenvalue weighted by Gasteiger charge is -2.44. The van der Waals surface area contributed by atoms with Gasteiger partial charge in [0.25, 0.3) is 0 Å². The second-order valence-corrected chi connectivity index (χ2v) is 6.52. The van der Waals surface area contributed by atoms with Crippen molar-refractivity contribution in [3.8, 4) is 0 Å². The molecule has 0 bridgehead atoms. The largest absolute Gasteiger partial charge is 0.477 e. The van der Waals surface area contributed by atoms with Crippen LogP contribution in [0.3, 0.4) is 0 Å². The minimum Gasteiger partial charge on any atom is -0.477 e.